The first-order chi connectivity index (χ1) is 14.6. The number of carbonyl (C=O) groups excluding carboxylic acids is 1. The lowest BCUT2D eigenvalue weighted by Gasteiger charge is -2.17. The van der Waals surface area contributed by atoms with Gasteiger partial charge in [-0.1, -0.05) is 48.2 Å². The minimum atomic E-state index is -0.192. The zero-order chi connectivity index (χ0) is 20.9. The predicted molar refractivity (Wildman–Crippen MR) is 121 cm³/mol. The van der Waals surface area contributed by atoms with Crippen molar-refractivity contribution in [3.05, 3.63) is 88.2 Å². The fraction of sp³-hybridized carbons (Fsp3) is 0.250. The first kappa shape index (κ1) is 20.3. The van der Waals surface area contributed by atoms with Gasteiger partial charge in [0.1, 0.15) is 0 Å². The van der Waals surface area contributed by atoms with Crippen LogP contribution in [-0.2, 0) is 12.2 Å². The lowest BCUT2D eigenvalue weighted by Crippen LogP contribution is -2.22. The Morgan fingerprint density at radius 1 is 1.03 bits per heavy atom. The van der Waals surface area contributed by atoms with Crippen molar-refractivity contribution in [3.63, 3.8) is 0 Å². The summed E-state index contributed by atoms with van der Waals surface area (Å²) in [6.45, 7) is 3.95. The molecule has 0 bridgehead atoms. The van der Waals surface area contributed by atoms with E-state index in [1.165, 1.54) is 5.56 Å². The minimum absolute atomic E-state index is 0.192. The molecule has 3 aromatic rings. The molecule has 0 saturated heterocycles. The highest BCUT2D eigenvalue weighted by atomic mass is 32.2. The first-order valence-corrected chi connectivity index (χ1v) is 11.1. The van der Waals surface area contributed by atoms with E-state index < -0.39 is 0 Å². The summed E-state index contributed by atoms with van der Waals surface area (Å²) in [4.78, 5) is 21.4. The summed E-state index contributed by atoms with van der Waals surface area (Å²) >= 11 is 1.59. The average molecular weight is 417 g/mol. The lowest BCUT2D eigenvalue weighted by atomic mass is 9.90. The van der Waals surface area contributed by atoms with E-state index in [9.17, 15) is 4.79 Å². The Morgan fingerprint density at radius 3 is 2.53 bits per heavy atom. The standard InChI is InChI=1S/C24H24N4OS/c1-16-14-17(2)26-24(25-16)30-15-18-10-12-20(13-11-18)23(29)28-27-22-9-5-7-19-6-3-4-8-21(19)22/h3-4,6,8,10-14H,5,7,9,15H2,1-2H3,(H,28,29). The van der Waals surface area contributed by atoms with Crippen LogP contribution in [0.5, 0.6) is 0 Å². The Bertz CT molecular complexity index is 1070. The van der Waals surface area contributed by atoms with Gasteiger partial charge in [-0.05, 0) is 62.4 Å². The largest absolute Gasteiger partial charge is 0.271 e. The van der Waals surface area contributed by atoms with E-state index in [4.69, 9.17) is 0 Å². The maximum absolute atomic E-state index is 12.5. The third kappa shape index (κ3) is 4.94. The molecule has 0 unspecified atom stereocenters. The number of aryl methyl sites for hydroxylation is 3. The molecule has 1 aliphatic rings. The van der Waals surface area contributed by atoms with Crippen LogP contribution in [0.3, 0.4) is 0 Å². The highest BCUT2D eigenvalue weighted by Crippen LogP contribution is 2.22. The zero-order valence-corrected chi connectivity index (χ0v) is 18.0. The Hall–Kier alpha value is -2.99. The fourth-order valence-corrected chi connectivity index (χ4v) is 4.46. The molecule has 0 fully saturated rings. The van der Waals surface area contributed by atoms with Gasteiger partial charge >= 0.3 is 0 Å². The number of thioether (sulfide) groups is 1. The topological polar surface area (TPSA) is 67.2 Å². The smallest absolute Gasteiger partial charge is 0.267 e. The molecule has 6 heteroatoms. The van der Waals surface area contributed by atoms with E-state index in [1.807, 2.05) is 56.3 Å². The van der Waals surface area contributed by atoms with Gasteiger partial charge in [-0.3, -0.25) is 4.79 Å². The molecule has 0 radical (unpaired) electrons. The summed E-state index contributed by atoms with van der Waals surface area (Å²) in [6.07, 6.45) is 3.01. The van der Waals surface area contributed by atoms with Crippen LogP contribution in [0.4, 0.5) is 0 Å². The molecule has 2 aromatic carbocycles. The monoisotopic (exact) mass is 416 g/mol. The van der Waals surface area contributed by atoms with Crippen molar-refractivity contribution in [3.8, 4) is 0 Å². The molecule has 1 aromatic heterocycles. The van der Waals surface area contributed by atoms with Crippen LogP contribution in [-0.4, -0.2) is 21.6 Å². The number of hydrogen-bond donors (Lipinski definition) is 1. The van der Waals surface area contributed by atoms with Crippen molar-refractivity contribution < 1.29 is 4.79 Å². The van der Waals surface area contributed by atoms with Gasteiger partial charge in [-0.15, -0.1) is 0 Å². The summed E-state index contributed by atoms with van der Waals surface area (Å²) in [5.41, 5.74) is 9.77. The Labute approximate surface area is 181 Å². The number of nitrogens with zero attached hydrogens (tertiary/aromatic N) is 3. The molecule has 0 spiro atoms. The van der Waals surface area contributed by atoms with Gasteiger partial charge in [0.25, 0.3) is 5.91 Å². The molecule has 4 rings (SSSR count). The summed E-state index contributed by atoms with van der Waals surface area (Å²) < 4.78 is 0. The van der Waals surface area contributed by atoms with E-state index in [0.717, 1.165) is 58.4 Å². The van der Waals surface area contributed by atoms with Gasteiger partial charge in [0.15, 0.2) is 5.16 Å². The van der Waals surface area contributed by atoms with Gasteiger partial charge in [0.2, 0.25) is 0 Å². The number of rotatable bonds is 5. The third-order valence-corrected chi connectivity index (χ3v) is 5.94. The molecule has 0 atom stereocenters. The highest BCUT2D eigenvalue weighted by molar-refractivity contribution is 7.98. The molecule has 1 N–H and O–H groups in total. The first-order valence-electron chi connectivity index (χ1n) is 10.1. The van der Waals surface area contributed by atoms with Crippen LogP contribution in [0.25, 0.3) is 0 Å². The number of hydrazone groups is 1. The van der Waals surface area contributed by atoms with E-state index in [1.54, 1.807) is 11.8 Å². The van der Waals surface area contributed by atoms with Crippen molar-refractivity contribution in [2.45, 2.75) is 44.0 Å². The molecule has 1 amide bonds. The summed E-state index contributed by atoms with van der Waals surface area (Å²) in [6, 6.07) is 17.8. The zero-order valence-electron chi connectivity index (χ0n) is 17.2. The van der Waals surface area contributed by atoms with Crippen LogP contribution in [0, 0.1) is 13.8 Å². The quantitative estimate of drug-likeness (QED) is 0.367. The van der Waals surface area contributed by atoms with Crippen LogP contribution in [0.15, 0.2) is 64.9 Å². The molecule has 0 saturated carbocycles. The minimum Gasteiger partial charge on any atom is -0.267 e. The summed E-state index contributed by atoms with van der Waals surface area (Å²) in [7, 11) is 0. The van der Waals surface area contributed by atoms with Crippen molar-refractivity contribution in [1.29, 1.82) is 0 Å². The van der Waals surface area contributed by atoms with Gasteiger partial charge in [-0.25, -0.2) is 15.4 Å². The maximum atomic E-state index is 12.5. The van der Waals surface area contributed by atoms with Gasteiger partial charge in [0, 0.05) is 28.3 Å². The lowest BCUT2D eigenvalue weighted by molar-refractivity contribution is 0.0954. The molecular weight excluding hydrogens is 392 g/mol. The van der Waals surface area contributed by atoms with Crippen molar-refractivity contribution >= 4 is 23.4 Å². The average Bonchev–Trinajstić information content (AvgIpc) is 2.76. The Kier molecular flexibility index (Phi) is 6.23. The van der Waals surface area contributed by atoms with Crippen molar-refractivity contribution in [2.24, 2.45) is 5.10 Å². The van der Waals surface area contributed by atoms with E-state index in [-0.39, 0.29) is 5.91 Å². The predicted octanol–water partition coefficient (Wildman–Crippen LogP) is 4.86. The molecule has 0 aliphatic heterocycles. The van der Waals surface area contributed by atoms with E-state index in [2.05, 4.69) is 32.6 Å². The molecule has 152 valence electrons. The number of nitrogens with one attached hydrogen (secondary N) is 1. The van der Waals surface area contributed by atoms with Crippen LogP contribution < -0.4 is 5.43 Å². The maximum Gasteiger partial charge on any atom is 0.271 e. The number of carbonyl (C=O) groups is 1. The Balaban J connectivity index is 1.38. The van der Waals surface area contributed by atoms with Crippen LogP contribution in [0.2, 0.25) is 0 Å². The van der Waals surface area contributed by atoms with Gasteiger partial charge < -0.3 is 0 Å². The third-order valence-electron chi connectivity index (χ3n) is 5.03. The van der Waals surface area contributed by atoms with Crippen molar-refractivity contribution in [1.82, 2.24) is 15.4 Å². The summed E-state index contributed by atoms with van der Waals surface area (Å²) in [5, 5.41) is 5.19. The molecule has 5 nitrogen and oxygen atoms in total. The second-order valence-electron chi connectivity index (χ2n) is 7.43. The van der Waals surface area contributed by atoms with Crippen molar-refractivity contribution in [2.75, 3.05) is 0 Å². The molecule has 30 heavy (non-hydrogen) atoms. The highest BCUT2D eigenvalue weighted by Gasteiger charge is 2.15. The Morgan fingerprint density at radius 2 is 1.77 bits per heavy atom. The molecule has 1 aliphatic carbocycles. The number of amides is 1. The number of hydrogen-bond acceptors (Lipinski definition) is 5. The molecular formula is C24H24N4OS. The van der Waals surface area contributed by atoms with Crippen LogP contribution >= 0.6 is 11.8 Å². The summed E-state index contributed by atoms with van der Waals surface area (Å²) in [5.74, 6) is 0.562. The number of fused-ring (bicyclic) bond motifs is 1. The van der Waals surface area contributed by atoms with Gasteiger partial charge in [0.05, 0.1) is 5.71 Å². The van der Waals surface area contributed by atoms with Gasteiger partial charge in [-0.2, -0.15) is 5.10 Å². The number of benzene rings is 2. The fourth-order valence-electron chi connectivity index (χ4n) is 3.56. The number of aromatic nitrogens is 2. The second-order valence-corrected chi connectivity index (χ2v) is 8.37. The SMILES string of the molecule is Cc1cc(C)nc(SCc2ccc(C(=O)NN=C3CCCc4ccccc43)cc2)n1. The normalized spacial score (nSPS) is 14.4. The molecule has 1 heterocycles. The van der Waals surface area contributed by atoms with Crippen LogP contribution in [0.1, 0.15) is 51.3 Å². The van der Waals surface area contributed by atoms with E-state index >= 15 is 0 Å². The van der Waals surface area contributed by atoms with E-state index in [0.29, 0.717) is 5.56 Å². The second kappa shape index (κ2) is 9.22.